The first-order chi connectivity index (χ1) is 13.7. The molecule has 142 valence electrons. The lowest BCUT2D eigenvalue weighted by Gasteiger charge is -2.17. The monoisotopic (exact) mass is 371 g/mol. The van der Waals surface area contributed by atoms with Crippen molar-refractivity contribution in [1.29, 1.82) is 5.26 Å². The number of nitrogen functional groups attached to an aromatic ring is 1. The van der Waals surface area contributed by atoms with Gasteiger partial charge in [0.25, 0.3) is 0 Å². The molecule has 0 atom stereocenters. The second kappa shape index (κ2) is 9.05. The molecular formula is C24H25N3O. The van der Waals surface area contributed by atoms with E-state index in [1.54, 1.807) is 0 Å². The maximum Gasteiger partial charge on any atom is 0.142 e. The van der Waals surface area contributed by atoms with E-state index in [2.05, 4.69) is 24.9 Å². The van der Waals surface area contributed by atoms with Gasteiger partial charge in [0.15, 0.2) is 0 Å². The molecule has 0 spiro atoms. The summed E-state index contributed by atoms with van der Waals surface area (Å²) in [5.41, 5.74) is 11.6. The molecule has 0 radical (unpaired) electrons. The van der Waals surface area contributed by atoms with E-state index < -0.39 is 0 Å². The Hall–Kier alpha value is -3.32. The zero-order valence-electron chi connectivity index (χ0n) is 16.4. The minimum absolute atomic E-state index is 0.308. The van der Waals surface area contributed by atoms with Crippen LogP contribution in [-0.4, -0.2) is 4.98 Å². The number of hydrogen-bond acceptors (Lipinski definition) is 4. The molecule has 0 amide bonds. The van der Waals surface area contributed by atoms with Crippen molar-refractivity contribution in [3.63, 3.8) is 0 Å². The number of nitriles is 1. The fourth-order valence-corrected chi connectivity index (χ4v) is 3.41. The Balaban J connectivity index is 1.93. The van der Waals surface area contributed by atoms with Gasteiger partial charge in [0, 0.05) is 11.3 Å². The summed E-state index contributed by atoms with van der Waals surface area (Å²) in [7, 11) is 0. The number of nitrogens with two attached hydrogens (primary N) is 1. The van der Waals surface area contributed by atoms with Gasteiger partial charge in [-0.2, -0.15) is 5.26 Å². The molecule has 0 fully saturated rings. The minimum Gasteiger partial charge on any atom is -0.489 e. The van der Waals surface area contributed by atoms with E-state index in [0.717, 1.165) is 53.0 Å². The first-order valence-electron chi connectivity index (χ1n) is 9.66. The van der Waals surface area contributed by atoms with Gasteiger partial charge in [-0.25, -0.2) is 4.98 Å². The van der Waals surface area contributed by atoms with E-state index in [4.69, 9.17) is 10.5 Å². The Morgan fingerprint density at radius 3 is 2.36 bits per heavy atom. The molecule has 0 saturated heterocycles. The van der Waals surface area contributed by atoms with Gasteiger partial charge in [-0.1, -0.05) is 62.7 Å². The van der Waals surface area contributed by atoms with Crippen molar-refractivity contribution in [2.45, 2.75) is 39.7 Å². The van der Waals surface area contributed by atoms with E-state index in [9.17, 15) is 5.26 Å². The van der Waals surface area contributed by atoms with Crippen molar-refractivity contribution < 1.29 is 4.74 Å². The van der Waals surface area contributed by atoms with Crippen molar-refractivity contribution in [3.05, 3.63) is 77.0 Å². The third-order valence-electron chi connectivity index (χ3n) is 4.76. The van der Waals surface area contributed by atoms with Gasteiger partial charge in [0.05, 0.1) is 0 Å². The molecule has 4 nitrogen and oxygen atoms in total. The number of hydrogen-bond donors (Lipinski definition) is 1. The summed E-state index contributed by atoms with van der Waals surface area (Å²) in [4.78, 5) is 4.50. The van der Waals surface area contributed by atoms with Gasteiger partial charge >= 0.3 is 0 Å². The average Bonchev–Trinajstić information content (AvgIpc) is 2.73. The van der Waals surface area contributed by atoms with Gasteiger partial charge in [0.2, 0.25) is 0 Å². The number of nitrogens with zero attached hydrogens (tertiary/aromatic N) is 2. The molecule has 0 unspecified atom stereocenters. The van der Waals surface area contributed by atoms with Crippen LogP contribution in [0, 0.1) is 11.3 Å². The quantitative estimate of drug-likeness (QED) is 0.612. The third-order valence-corrected chi connectivity index (χ3v) is 4.76. The number of aryl methyl sites for hydroxylation is 1. The molecule has 0 aliphatic rings. The maximum atomic E-state index is 9.67. The highest BCUT2D eigenvalue weighted by Crippen LogP contribution is 2.34. The highest BCUT2D eigenvalue weighted by Gasteiger charge is 2.18. The standard InChI is InChI=1S/C24H25N3O/c1-3-8-22-20(4-2)23(21(15-25)24(26)27-22)18-11-13-19(14-12-18)28-16-17-9-6-5-7-10-17/h5-7,9-14H,3-4,8,16H2,1-2H3,(H2,26,27). The molecule has 3 aromatic rings. The van der Waals surface area contributed by atoms with Crippen LogP contribution in [0.1, 0.15) is 42.7 Å². The van der Waals surface area contributed by atoms with E-state index in [1.165, 1.54) is 0 Å². The summed E-state index contributed by atoms with van der Waals surface area (Å²) < 4.78 is 5.88. The van der Waals surface area contributed by atoms with Crippen LogP contribution < -0.4 is 10.5 Å². The van der Waals surface area contributed by atoms with E-state index in [-0.39, 0.29) is 0 Å². The van der Waals surface area contributed by atoms with Crippen molar-refractivity contribution in [1.82, 2.24) is 4.98 Å². The molecule has 1 aromatic heterocycles. The summed E-state index contributed by atoms with van der Waals surface area (Å²) in [5.74, 6) is 1.10. The lowest BCUT2D eigenvalue weighted by atomic mass is 9.91. The number of pyridine rings is 1. The normalized spacial score (nSPS) is 10.5. The Labute approximate surface area is 166 Å². The predicted octanol–water partition coefficient (Wildman–Crippen LogP) is 5.30. The number of rotatable bonds is 7. The van der Waals surface area contributed by atoms with Crippen LogP contribution in [0.2, 0.25) is 0 Å². The molecule has 28 heavy (non-hydrogen) atoms. The van der Waals surface area contributed by atoms with Crippen LogP contribution >= 0.6 is 0 Å². The van der Waals surface area contributed by atoms with Crippen LogP contribution in [-0.2, 0) is 19.4 Å². The summed E-state index contributed by atoms with van der Waals surface area (Å²) in [6, 6.07) is 20.2. The third kappa shape index (κ3) is 4.15. The SMILES string of the molecule is CCCc1nc(N)c(C#N)c(-c2ccc(OCc3ccccc3)cc2)c1CC. The predicted molar refractivity (Wildman–Crippen MR) is 113 cm³/mol. The average molecular weight is 371 g/mol. The lowest BCUT2D eigenvalue weighted by Crippen LogP contribution is -2.07. The van der Waals surface area contributed by atoms with Gasteiger partial charge < -0.3 is 10.5 Å². The number of anilines is 1. The molecule has 3 rings (SSSR count). The fourth-order valence-electron chi connectivity index (χ4n) is 3.41. The van der Waals surface area contributed by atoms with E-state index in [0.29, 0.717) is 18.0 Å². The van der Waals surface area contributed by atoms with Crippen LogP contribution in [0.4, 0.5) is 5.82 Å². The largest absolute Gasteiger partial charge is 0.489 e. The van der Waals surface area contributed by atoms with Crippen LogP contribution in [0.15, 0.2) is 54.6 Å². The molecule has 4 heteroatoms. The van der Waals surface area contributed by atoms with Crippen LogP contribution in [0.25, 0.3) is 11.1 Å². The Morgan fingerprint density at radius 1 is 1.04 bits per heavy atom. The Bertz CT molecular complexity index is 973. The molecule has 0 aliphatic heterocycles. The lowest BCUT2D eigenvalue weighted by molar-refractivity contribution is 0.306. The van der Waals surface area contributed by atoms with Gasteiger partial charge in [-0.3, -0.25) is 0 Å². The molecule has 0 bridgehead atoms. The van der Waals surface area contributed by atoms with Crippen LogP contribution in [0.5, 0.6) is 5.75 Å². The summed E-state index contributed by atoms with van der Waals surface area (Å²) >= 11 is 0. The summed E-state index contributed by atoms with van der Waals surface area (Å²) in [6.45, 7) is 4.73. The maximum absolute atomic E-state index is 9.67. The van der Waals surface area contributed by atoms with E-state index >= 15 is 0 Å². The minimum atomic E-state index is 0.308. The van der Waals surface area contributed by atoms with Crippen LogP contribution in [0.3, 0.4) is 0 Å². The molecule has 2 aromatic carbocycles. The van der Waals surface area contributed by atoms with Crippen molar-refractivity contribution in [2.75, 3.05) is 5.73 Å². The summed E-state index contributed by atoms with van der Waals surface area (Å²) in [6.07, 6.45) is 2.64. The molecule has 0 aliphatic carbocycles. The highest BCUT2D eigenvalue weighted by atomic mass is 16.5. The number of aromatic nitrogens is 1. The molecule has 0 saturated carbocycles. The second-order valence-electron chi connectivity index (χ2n) is 6.69. The van der Waals surface area contributed by atoms with Crippen molar-refractivity contribution in [2.24, 2.45) is 0 Å². The highest BCUT2D eigenvalue weighted by molar-refractivity contribution is 5.79. The van der Waals surface area contributed by atoms with Gasteiger partial charge in [-0.15, -0.1) is 0 Å². The number of benzene rings is 2. The Kier molecular flexibility index (Phi) is 6.29. The van der Waals surface area contributed by atoms with Gasteiger partial charge in [-0.05, 0) is 41.7 Å². The first kappa shape index (κ1) is 19.4. The van der Waals surface area contributed by atoms with Crippen molar-refractivity contribution in [3.8, 4) is 22.9 Å². The van der Waals surface area contributed by atoms with E-state index in [1.807, 2.05) is 54.6 Å². The second-order valence-corrected chi connectivity index (χ2v) is 6.69. The summed E-state index contributed by atoms with van der Waals surface area (Å²) in [5, 5.41) is 9.67. The zero-order valence-corrected chi connectivity index (χ0v) is 16.4. The Morgan fingerprint density at radius 2 is 1.75 bits per heavy atom. The molecular weight excluding hydrogens is 346 g/mol. The zero-order chi connectivity index (χ0) is 19.9. The first-order valence-corrected chi connectivity index (χ1v) is 9.66. The molecule has 2 N–H and O–H groups in total. The van der Waals surface area contributed by atoms with Crippen molar-refractivity contribution >= 4 is 5.82 Å². The number of ether oxygens (including phenoxy) is 1. The topological polar surface area (TPSA) is 71.9 Å². The van der Waals surface area contributed by atoms with Gasteiger partial charge in [0.1, 0.15) is 29.8 Å². The molecule has 1 heterocycles. The fraction of sp³-hybridized carbons (Fsp3) is 0.250. The smallest absolute Gasteiger partial charge is 0.142 e.